The van der Waals surface area contributed by atoms with Crippen molar-refractivity contribution in [2.24, 2.45) is 0 Å². The first-order valence-electron chi connectivity index (χ1n) is 9.09. The highest BCUT2D eigenvalue weighted by atomic mass is 16.2. The summed E-state index contributed by atoms with van der Waals surface area (Å²) in [6.07, 6.45) is 3.81. The summed E-state index contributed by atoms with van der Waals surface area (Å²) in [7, 11) is 0. The number of nitrogens with zero attached hydrogens (tertiary/aromatic N) is 4. The maximum Gasteiger partial charge on any atom is 0.263 e. The number of amides is 1. The summed E-state index contributed by atoms with van der Waals surface area (Å²) in [5.74, 6) is -0.143. The van der Waals surface area contributed by atoms with E-state index < -0.39 is 0 Å². The van der Waals surface area contributed by atoms with Gasteiger partial charge in [0.1, 0.15) is 5.65 Å². The first-order chi connectivity index (χ1) is 13.7. The van der Waals surface area contributed by atoms with Crippen molar-refractivity contribution < 1.29 is 4.79 Å². The fourth-order valence-corrected chi connectivity index (χ4v) is 3.66. The third-order valence-electron chi connectivity index (χ3n) is 5.10. The minimum Gasteiger partial charge on any atom is -0.334 e. The number of aromatic nitrogens is 4. The van der Waals surface area contributed by atoms with Crippen molar-refractivity contribution in [3.63, 3.8) is 0 Å². The van der Waals surface area contributed by atoms with Crippen LogP contribution in [0.15, 0.2) is 65.7 Å². The Morgan fingerprint density at radius 1 is 1.07 bits per heavy atom. The smallest absolute Gasteiger partial charge is 0.263 e. The van der Waals surface area contributed by atoms with Crippen LogP contribution >= 0.6 is 0 Å². The van der Waals surface area contributed by atoms with Crippen molar-refractivity contribution in [1.29, 1.82) is 0 Å². The van der Waals surface area contributed by atoms with Gasteiger partial charge in [-0.1, -0.05) is 36.4 Å². The minimum atomic E-state index is -0.143. The van der Waals surface area contributed by atoms with Crippen molar-refractivity contribution >= 4 is 11.6 Å². The molecule has 1 aliphatic heterocycles. The largest absolute Gasteiger partial charge is 0.334 e. The summed E-state index contributed by atoms with van der Waals surface area (Å²) < 4.78 is 1.53. The molecule has 0 atom stereocenters. The molecule has 0 bridgehead atoms. The Hall–Kier alpha value is -3.74. The van der Waals surface area contributed by atoms with Crippen LogP contribution < -0.4 is 5.56 Å². The third kappa shape index (κ3) is 2.60. The number of H-pyrrole nitrogens is 1. The van der Waals surface area contributed by atoms with Crippen LogP contribution in [0.1, 0.15) is 21.6 Å². The summed E-state index contributed by atoms with van der Waals surface area (Å²) in [6, 6.07) is 15.1. The molecule has 1 aliphatic rings. The van der Waals surface area contributed by atoms with E-state index in [-0.39, 0.29) is 18.0 Å². The standard InChI is InChI=1S/C21H17N5O2/c27-20(15-12-22-24-19(15)14-6-2-1-3-7-14)25-11-9-17-16(13-25)21(28)26-10-5-4-8-18(26)23-17/h1-8,10,12H,9,11,13H2,(H,22,24). The van der Waals surface area contributed by atoms with Crippen molar-refractivity contribution in [2.45, 2.75) is 13.0 Å². The zero-order valence-electron chi connectivity index (χ0n) is 15.0. The van der Waals surface area contributed by atoms with E-state index in [9.17, 15) is 9.59 Å². The summed E-state index contributed by atoms with van der Waals surface area (Å²) >= 11 is 0. The summed E-state index contributed by atoms with van der Waals surface area (Å²) in [5.41, 5.74) is 3.95. The Morgan fingerprint density at radius 2 is 1.89 bits per heavy atom. The maximum atomic E-state index is 13.2. The Bertz CT molecular complexity index is 1240. The molecule has 4 heterocycles. The molecule has 7 nitrogen and oxygen atoms in total. The Labute approximate surface area is 160 Å². The number of aromatic amines is 1. The average molecular weight is 371 g/mol. The van der Waals surface area contributed by atoms with Gasteiger partial charge in [0.05, 0.1) is 35.3 Å². The Morgan fingerprint density at radius 3 is 2.75 bits per heavy atom. The molecule has 0 radical (unpaired) electrons. The topological polar surface area (TPSA) is 83.4 Å². The zero-order chi connectivity index (χ0) is 19.1. The number of rotatable bonds is 2. The molecular formula is C21H17N5O2. The molecule has 0 aliphatic carbocycles. The van der Waals surface area contributed by atoms with Gasteiger partial charge in [-0.2, -0.15) is 5.10 Å². The predicted octanol–water partition coefficient (Wildman–Crippen LogP) is 2.28. The lowest BCUT2D eigenvalue weighted by Crippen LogP contribution is -2.40. The number of nitrogens with one attached hydrogen (secondary N) is 1. The molecule has 138 valence electrons. The SMILES string of the molecule is O=C(c1cn[nH]c1-c1ccccc1)N1CCc2nc3ccccn3c(=O)c2C1. The van der Waals surface area contributed by atoms with Crippen LogP contribution in [0.2, 0.25) is 0 Å². The average Bonchev–Trinajstić information content (AvgIpc) is 3.24. The van der Waals surface area contributed by atoms with E-state index in [0.29, 0.717) is 35.4 Å². The summed E-state index contributed by atoms with van der Waals surface area (Å²) in [6.45, 7) is 0.762. The van der Waals surface area contributed by atoms with Crippen LogP contribution in [0, 0.1) is 0 Å². The highest BCUT2D eigenvalue weighted by Crippen LogP contribution is 2.24. The van der Waals surface area contributed by atoms with E-state index in [0.717, 1.165) is 11.3 Å². The van der Waals surface area contributed by atoms with E-state index in [1.54, 1.807) is 23.4 Å². The molecule has 7 heteroatoms. The fourth-order valence-electron chi connectivity index (χ4n) is 3.66. The van der Waals surface area contributed by atoms with Gasteiger partial charge in [-0.3, -0.25) is 19.1 Å². The predicted molar refractivity (Wildman–Crippen MR) is 104 cm³/mol. The van der Waals surface area contributed by atoms with Gasteiger partial charge in [0.15, 0.2) is 0 Å². The van der Waals surface area contributed by atoms with Crippen LogP contribution in [0.4, 0.5) is 0 Å². The monoisotopic (exact) mass is 371 g/mol. The van der Waals surface area contributed by atoms with Crippen molar-refractivity contribution in [2.75, 3.05) is 6.54 Å². The molecule has 0 saturated carbocycles. The van der Waals surface area contributed by atoms with Gasteiger partial charge >= 0.3 is 0 Å². The van der Waals surface area contributed by atoms with Gasteiger partial charge < -0.3 is 4.90 Å². The van der Waals surface area contributed by atoms with E-state index in [4.69, 9.17) is 0 Å². The summed E-state index contributed by atoms with van der Waals surface area (Å²) in [5, 5.41) is 6.99. The van der Waals surface area contributed by atoms with Crippen LogP contribution in [0.5, 0.6) is 0 Å². The molecule has 0 spiro atoms. The van der Waals surface area contributed by atoms with Gasteiger partial charge in [-0.05, 0) is 12.1 Å². The van der Waals surface area contributed by atoms with Gasteiger partial charge in [0.2, 0.25) is 0 Å². The maximum absolute atomic E-state index is 13.2. The second kappa shape index (κ2) is 6.45. The number of pyridine rings is 1. The van der Waals surface area contributed by atoms with E-state index in [1.807, 2.05) is 42.5 Å². The van der Waals surface area contributed by atoms with E-state index >= 15 is 0 Å². The van der Waals surface area contributed by atoms with Crippen LogP contribution in [0.25, 0.3) is 16.9 Å². The highest BCUT2D eigenvalue weighted by Gasteiger charge is 2.27. The third-order valence-corrected chi connectivity index (χ3v) is 5.10. The first kappa shape index (κ1) is 16.4. The lowest BCUT2D eigenvalue weighted by Gasteiger charge is -2.28. The van der Waals surface area contributed by atoms with Gasteiger partial charge in [0, 0.05) is 24.7 Å². The van der Waals surface area contributed by atoms with Crippen molar-refractivity contribution in [3.8, 4) is 11.3 Å². The molecule has 28 heavy (non-hydrogen) atoms. The number of hydrogen-bond donors (Lipinski definition) is 1. The normalized spacial score (nSPS) is 13.5. The van der Waals surface area contributed by atoms with Crippen molar-refractivity contribution in [1.82, 2.24) is 24.5 Å². The molecule has 0 fully saturated rings. The molecule has 0 saturated heterocycles. The van der Waals surface area contributed by atoms with Gasteiger partial charge in [-0.25, -0.2) is 4.98 Å². The number of fused-ring (bicyclic) bond motifs is 2. The molecular weight excluding hydrogens is 354 g/mol. The molecule has 0 unspecified atom stereocenters. The Balaban J connectivity index is 1.51. The number of hydrogen-bond acceptors (Lipinski definition) is 4. The second-order valence-electron chi connectivity index (χ2n) is 6.77. The minimum absolute atomic E-state index is 0.117. The van der Waals surface area contributed by atoms with Crippen LogP contribution in [-0.2, 0) is 13.0 Å². The lowest BCUT2D eigenvalue weighted by atomic mass is 10.0. The van der Waals surface area contributed by atoms with Gasteiger partial charge in [-0.15, -0.1) is 0 Å². The molecule has 3 aromatic heterocycles. The van der Waals surface area contributed by atoms with E-state index in [1.165, 1.54) is 4.40 Å². The molecule has 1 N–H and O–H groups in total. The quantitative estimate of drug-likeness (QED) is 0.586. The fraction of sp³-hybridized carbons (Fsp3) is 0.143. The number of carbonyl (C=O) groups excluding carboxylic acids is 1. The number of carbonyl (C=O) groups is 1. The first-order valence-corrected chi connectivity index (χ1v) is 9.09. The number of benzene rings is 1. The highest BCUT2D eigenvalue weighted by molar-refractivity contribution is 5.99. The molecule has 5 rings (SSSR count). The van der Waals surface area contributed by atoms with Crippen LogP contribution in [0.3, 0.4) is 0 Å². The molecule has 4 aromatic rings. The molecule has 1 aromatic carbocycles. The van der Waals surface area contributed by atoms with Crippen molar-refractivity contribution in [3.05, 3.63) is 88.1 Å². The molecule has 1 amide bonds. The van der Waals surface area contributed by atoms with Gasteiger partial charge in [0.25, 0.3) is 11.5 Å². The summed E-state index contributed by atoms with van der Waals surface area (Å²) in [4.78, 5) is 32.4. The lowest BCUT2D eigenvalue weighted by molar-refractivity contribution is 0.0733. The Kier molecular flexibility index (Phi) is 3.79. The van der Waals surface area contributed by atoms with Crippen LogP contribution in [-0.4, -0.2) is 36.9 Å². The second-order valence-corrected chi connectivity index (χ2v) is 6.77. The van der Waals surface area contributed by atoms with E-state index in [2.05, 4.69) is 15.2 Å². The zero-order valence-corrected chi connectivity index (χ0v) is 15.0.